The summed E-state index contributed by atoms with van der Waals surface area (Å²) in [6.45, 7) is 16.2. The molecule has 0 aliphatic heterocycles. The standard InChI is InChI=1S/C21H29NO2/c1-12-9-15(13(2)22-12)18(23)14-10-16(20(3,4)5)19(24)17(11-14)21(6,7)8/h9-11,22,24H,1-8H3. The first-order valence-corrected chi connectivity index (χ1v) is 8.41. The summed E-state index contributed by atoms with van der Waals surface area (Å²) < 4.78 is 0. The van der Waals surface area contributed by atoms with E-state index >= 15 is 0 Å². The van der Waals surface area contributed by atoms with E-state index in [0.717, 1.165) is 22.5 Å². The Balaban J connectivity index is 2.71. The molecule has 0 spiro atoms. The average Bonchev–Trinajstić information content (AvgIpc) is 2.74. The molecule has 24 heavy (non-hydrogen) atoms. The summed E-state index contributed by atoms with van der Waals surface area (Å²) in [5, 5.41) is 10.8. The summed E-state index contributed by atoms with van der Waals surface area (Å²) in [4.78, 5) is 16.2. The van der Waals surface area contributed by atoms with Crippen LogP contribution in [-0.4, -0.2) is 15.9 Å². The van der Waals surface area contributed by atoms with E-state index in [1.54, 1.807) is 0 Å². The first-order valence-electron chi connectivity index (χ1n) is 8.41. The van der Waals surface area contributed by atoms with Gasteiger partial charge in [0, 0.05) is 33.6 Å². The number of phenolic OH excluding ortho intramolecular Hbond substituents is 1. The van der Waals surface area contributed by atoms with Gasteiger partial charge in [-0.3, -0.25) is 4.79 Å². The maximum absolute atomic E-state index is 13.0. The molecule has 1 heterocycles. The van der Waals surface area contributed by atoms with Crippen molar-refractivity contribution < 1.29 is 9.90 Å². The van der Waals surface area contributed by atoms with E-state index in [0.29, 0.717) is 16.9 Å². The largest absolute Gasteiger partial charge is 0.507 e. The van der Waals surface area contributed by atoms with Gasteiger partial charge in [-0.2, -0.15) is 0 Å². The molecule has 0 radical (unpaired) electrons. The predicted molar refractivity (Wildman–Crippen MR) is 99.2 cm³/mol. The van der Waals surface area contributed by atoms with Crippen LogP contribution in [0.15, 0.2) is 18.2 Å². The molecule has 1 aromatic heterocycles. The van der Waals surface area contributed by atoms with Crippen molar-refractivity contribution in [1.82, 2.24) is 4.98 Å². The van der Waals surface area contributed by atoms with Crippen molar-refractivity contribution in [3.05, 3.63) is 51.8 Å². The summed E-state index contributed by atoms with van der Waals surface area (Å²) in [6, 6.07) is 5.57. The van der Waals surface area contributed by atoms with Crippen LogP contribution in [0.25, 0.3) is 0 Å². The number of aromatic amines is 1. The van der Waals surface area contributed by atoms with E-state index in [9.17, 15) is 9.90 Å². The Hall–Kier alpha value is -2.03. The van der Waals surface area contributed by atoms with E-state index in [4.69, 9.17) is 0 Å². The van der Waals surface area contributed by atoms with Gasteiger partial charge in [-0.05, 0) is 42.9 Å². The Bertz CT molecular complexity index is 748. The molecule has 0 saturated carbocycles. The minimum Gasteiger partial charge on any atom is -0.507 e. The lowest BCUT2D eigenvalue weighted by Crippen LogP contribution is -2.19. The SMILES string of the molecule is Cc1cc(C(=O)c2cc(C(C)(C)C)c(O)c(C(C)(C)C)c2)c(C)[nH]1. The van der Waals surface area contributed by atoms with Gasteiger partial charge in [-0.1, -0.05) is 41.5 Å². The topological polar surface area (TPSA) is 53.1 Å². The zero-order valence-corrected chi connectivity index (χ0v) is 16.1. The summed E-state index contributed by atoms with van der Waals surface area (Å²) >= 11 is 0. The number of rotatable bonds is 2. The monoisotopic (exact) mass is 327 g/mol. The highest BCUT2D eigenvalue weighted by molar-refractivity contribution is 6.10. The molecule has 0 aliphatic carbocycles. The molecule has 3 nitrogen and oxygen atoms in total. The molecule has 2 N–H and O–H groups in total. The molecule has 1 aromatic carbocycles. The number of aromatic hydroxyl groups is 1. The molecule has 0 atom stereocenters. The second-order valence-corrected chi connectivity index (χ2v) is 8.74. The maximum atomic E-state index is 13.0. The minimum absolute atomic E-state index is 0.00662. The van der Waals surface area contributed by atoms with Crippen molar-refractivity contribution in [3.63, 3.8) is 0 Å². The van der Waals surface area contributed by atoms with Gasteiger partial charge in [0.2, 0.25) is 0 Å². The number of carbonyl (C=O) groups is 1. The van der Waals surface area contributed by atoms with E-state index < -0.39 is 0 Å². The van der Waals surface area contributed by atoms with Gasteiger partial charge in [0.15, 0.2) is 5.78 Å². The van der Waals surface area contributed by atoms with Crippen LogP contribution in [0.4, 0.5) is 0 Å². The van der Waals surface area contributed by atoms with Gasteiger partial charge in [-0.15, -0.1) is 0 Å². The first kappa shape index (κ1) is 18.3. The van der Waals surface area contributed by atoms with Gasteiger partial charge < -0.3 is 10.1 Å². The molecule has 0 aliphatic rings. The molecule has 0 bridgehead atoms. The highest BCUT2D eigenvalue weighted by atomic mass is 16.3. The number of nitrogens with one attached hydrogen (secondary N) is 1. The number of H-pyrrole nitrogens is 1. The molecule has 2 aromatic rings. The molecule has 0 unspecified atom stereocenters. The van der Waals surface area contributed by atoms with Gasteiger partial charge in [0.25, 0.3) is 0 Å². The first-order chi connectivity index (χ1) is 10.8. The predicted octanol–water partition coefficient (Wildman–Crippen LogP) is 5.16. The van der Waals surface area contributed by atoms with E-state index in [1.807, 2.05) is 32.0 Å². The third kappa shape index (κ3) is 3.40. The van der Waals surface area contributed by atoms with E-state index in [2.05, 4.69) is 46.5 Å². The van der Waals surface area contributed by atoms with Crippen LogP contribution in [0.2, 0.25) is 0 Å². The second kappa shape index (κ2) is 5.80. The van der Waals surface area contributed by atoms with Gasteiger partial charge in [-0.25, -0.2) is 0 Å². The lowest BCUT2D eigenvalue weighted by atomic mass is 9.77. The van der Waals surface area contributed by atoms with Crippen molar-refractivity contribution in [2.45, 2.75) is 66.2 Å². The lowest BCUT2D eigenvalue weighted by Gasteiger charge is -2.28. The van der Waals surface area contributed by atoms with Gasteiger partial charge in [0.05, 0.1) is 0 Å². The van der Waals surface area contributed by atoms with Crippen LogP contribution < -0.4 is 0 Å². The molecule has 0 fully saturated rings. The number of carbonyl (C=O) groups excluding carboxylic acids is 1. The molecule has 0 amide bonds. The molecule has 3 heteroatoms. The fourth-order valence-electron chi connectivity index (χ4n) is 3.02. The van der Waals surface area contributed by atoms with Gasteiger partial charge >= 0.3 is 0 Å². The highest BCUT2D eigenvalue weighted by Crippen LogP contribution is 2.40. The number of ketones is 1. The van der Waals surface area contributed by atoms with Crippen molar-refractivity contribution >= 4 is 5.78 Å². The maximum Gasteiger partial charge on any atom is 0.194 e. The summed E-state index contributed by atoms with van der Waals surface area (Å²) in [5.74, 6) is 0.293. The summed E-state index contributed by atoms with van der Waals surface area (Å²) in [7, 11) is 0. The molecule has 130 valence electrons. The normalized spacial score (nSPS) is 12.5. The third-order valence-corrected chi connectivity index (χ3v) is 4.38. The molecular weight excluding hydrogens is 298 g/mol. The van der Waals surface area contributed by atoms with E-state index in [1.165, 1.54) is 0 Å². The van der Waals surface area contributed by atoms with Crippen LogP contribution in [-0.2, 0) is 10.8 Å². The van der Waals surface area contributed by atoms with Gasteiger partial charge in [0.1, 0.15) is 5.75 Å². The number of aromatic nitrogens is 1. The smallest absolute Gasteiger partial charge is 0.194 e. The van der Waals surface area contributed by atoms with Crippen LogP contribution in [0.3, 0.4) is 0 Å². The van der Waals surface area contributed by atoms with Crippen LogP contribution in [0.1, 0.15) is 80.0 Å². The number of phenols is 1. The zero-order valence-electron chi connectivity index (χ0n) is 16.1. The van der Waals surface area contributed by atoms with Crippen LogP contribution >= 0.6 is 0 Å². The third-order valence-electron chi connectivity index (χ3n) is 4.38. The molecule has 0 saturated heterocycles. The van der Waals surface area contributed by atoms with E-state index in [-0.39, 0.29) is 16.6 Å². The zero-order chi connectivity index (χ0) is 18.4. The van der Waals surface area contributed by atoms with Crippen molar-refractivity contribution in [3.8, 4) is 5.75 Å². The number of hydrogen-bond acceptors (Lipinski definition) is 2. The highest BCUT2D eigenvalue weighted by Gasteiger charge is 2.28. The fraction of sp³-hybridized carbons (Fsp3) is 0.476. The van der Waals surface area contributed by atoms with Crippen molar-refractivity contribution in [1.29, 1.82) is 0 Å². The van der Waals surface area contributed by atoms with Crippen LogP contribution in [0, 0.1) is 13.8 Å². The fourth-order valence-corrected chi connectivity index (χ4v) is 3.02. The Morgan fingerprint density at radius 1 is 0.917 bits per heavy atom. The van der Waals surface area contributed by atoms with Crippen LogP contribution in [0.5, 0.6) is 5.75 Å². The number of hydrogen-bond donors (Lipinski definition) is 2. The Morgan fingerprint density at radius 2 is 1.38 bits per heavy atom. The van der Waals surface area contributed by atoms with Crippen molar-refractivity contribution in [2.24, 2.45) is 0 Å². The summed E-state index contributed by atoms with van der Waals surface area (Å²) in [5.41, 5.74) is 4.29. The molecular formula is C21H29NO2. The second-order valence-electron chi connectivity index (χ2n) is 8.74. The Morgan fingerprint density at radius 3 is 1.71 bits per heavy atom. The Labute approximate surface area is 145 Å². The molecule has 2 rings (SSSR count). The summed E-state index contributed by atoms with van der Waals surface area (Å²) in [6.07, 6.45) is 0. The Kier molecular flexibility index (Phi) is 4.43. The minimum atomic E-state index is -0.247. The number of benzene rings is 1. The average molecular weight is 327 g/mol. The quantitative estimate of drug-likeness (QED) is 0.748. The number of aryl methyl sites for hydroxylation is 2. The lowest BCUT2D eigenvalue weighted by molar-refractivity contribution is 0.103. The van der Waals surface area contributed by atoms with Crippen molar-refractivity contribution in [2.75, 3.05) is 0 Å².